The largest absolute Gasteiger partial charge is 0.371 e. The van der Waals surface area contributed by atoms with Crippen molar-refractivity contribution in [3.8, 4) is 0 Å². The molecule has 1 heterocycles. The highest BCUT2D eigenvalue weighted by Gasteiger charge is 2.20. The Morgan fingerprint density at radius 1 is 1.37 bits per heavy atom. The highest BCUT2D eigenvalue weighted by molar-refractivity contribution is 9.10. The fraction of sp³-hybridized carbons (Fsp3) is 0.625. The van der Waals surface area contributed by atoms with Gasteiger partial charge in [-0.3, -0.25) is 0 Å². The maximum atomic E-state index is 5.97. The molecule has 1 aliphatic heterocycles. The Morgan fingerprint density at radius 2 is 2.05 bits per heavy atom. The van der Waals surface area contributed by atoms with E-state index in [1.54, 1.807) is 0 Å². The van der Waals surface area contributed by atoms with Crippen molar-refractivity contribution in [1.82, 2.24) is 0 Å². The quantitative estimate of drug-likeness (QED) is 0.908. The zero-order valence-electron chi connectivity index (χ0n) is 12.0. The Balaban J connectivity index is 2.16. The van der Waals surface area contributed by atoms with Gasteiger partial charge in [0.1, 0.15) is 0 Å². The molecule has 2 nitrogen and oxygen atoms in total. The maximum absolute atomic E-state index is 5.97. The lowest BCUT2D eigenvalue weighted by Crippen LogP contribution is -2.34. The fourth-order valence-corrected chi connectivity index (χ4v) is 3.28. The Labute approximate surface area is 125 Å². The van der Waals surface area contributed by atoms with Crippen LogP contribution in [-0.4, -0.2) is 19.1 Å². The van der Waals surface area contributed by atoms with Crippen LogP contribution >= 0.6 is 15.9 Å². The van der Waals surface area contributed by atoms with E-state index >= 15 is 0 Å². The van der Waals surface area contributed by atoms with Gasteiger partial charge < -0.3 is 10.6 Å². The summed E-state index contributed by atoms with van der Waals surface area (Å²) in [6.07, 6.45) is 4.91. The monoisotopic (exact) mass is 324 g/mol. The molecule has 1 aliphatic rings. The normalized spacial score (nSPS) is 18.6. The predicted molar refractivity (Wildman–Crippen MR) is 86.7 cm³/mol. The number of hydrogen-bond donors (Lipinski definition) is 1. The van der Waals surface area contributed by atoms with E-state index in [-0.39, 0.29) is 6.04 Å². The van der Waals surface area contributed by atoms with Crippen molar-refractivity contribution < 1.29 is 0 Å². The van der Waals surface area contributed by atoms with E-state index in [9.17, 15) is 0 Å². The van der Waals surface area contributed by atoms with E-state index in [0.29, 0.717) is 0 Å². The summed E-state index contributed by atoms with van der Waals surface area (Å²) in [7, 11) is 0. The number of anilines is 1. The lowest BCUT2D eigenvalue weighted by molar-refractivity contribution is 0.394. The minimum absolute atomic E-state index is 0.216. The average molecular weight is 325 g/mol. The lowest BCUT2D eigenvalue weighted by atomic mass is 9.93. The number of benzene rings is 1. The van der Waals surface area contributed by atoms with Crippen molar-refractivity contribution in [2.45, 2.75) is 45.6 Å². The van der Waals surface area contributed by atoms with Gasteiger partial charge in [0.05, 0.1) is 0 Å². The molecule has 2 rings (SSSR count). The topological polar surface area (TPSA) is 29.3 Å². The number of halogens is 1. The van der Waals surface area contributed by atoms with E-state index in [4.69, 9.17) is 5.73 Å². The summed E-state index contributed by atoms with van der Waals surface area (Å²) >= 11 is 3.60. The third-order valence-corrected chi connectivity index (χ3v) is 4.62. The first-order valence-corrected chi connectivity index (χ1v) is 8.18. The average Bonchev–Trinajstić information content (AvgIpc) is 2.40. The van der Waals surface area contributed by atoms with Gasteiger partial charge in [-0.2, -0.15) is 0 Å². The van der Waals surface area contributed by atoms with Crippen LogP contribution in [0.3, 0.4) is 0 Å². The summed E-state index contributed by atoms with van der Waals surface area (Å²) < 4.78 is 1.16. The number of nitrogens with two attached hydrogens (primary N) is 1. The third-order valence-electron chi connectivity index (χ3n) is 4.12. The maximum Gasteiger partial charge on any atom is 0.0410 e. The molecular weight excluding hydrogens is 300 g/mol. The Kier molecular flexibility index (Phi) is 5.28. The van der Waals surface area contributed by atoms with Crippen LogP contribution < -0.4 is 10.6 Å². The van der Waals surface area contributed by atoms with Gasteiger partial charge in [0, 0.05) is 29.3 Å². The Bertz CT molecular complexity index is 409. The SMILES string of the molecule is CCC1CCN(c2cc(Br)ccc2CC(C)N)CC1. The molecule has 0 amide bonds. The summed E-state index contributed by atoms with van der Waals surface area (Å²) in [4.78, 5) is 2.54. The highest BCUT2D eigenvalue weighted by atomic mass is 79.9. The van der Waals surface area contributed by atoms with Gasteiger partial charge in [0.25, 0.3) is 0 Å². The first-order valence-electron chi connectivity index (χ1n) is 7.39. The molecule has 0 aromatic heterocycles. The van der Waals surface area contributed by atoms with Gasteiger partial charge in [-0.05, 0) is 49.8 Å². The van der Waals surface area contributed by atoms with Gasteiger partial charge >= 0.3 is 0 Å². The molecular formula is C16H25BrN2. The third kappa shape index (κ3) is 3.96. The van der Waals surface area contributed by atoms with Crippen molar-refractivity contribution >= 4 is 21.6 Å². The van der Waals surface area contributed by atoms with E-state index < -0.39 is 0 Å². The first kappa shape index (κ1) is 14.9. The van der Waals surface area contributed by atoms with Gasteiger partial charge in [-0.25, -0.2) is 0 Å². The number of piperidine rings is 1. The van der Waals surface area contributed by atoms with Crippen molar-refractivity contribution in [3.05, 3.63) is 28.2 Å². The number of rotatable bonds is 4. The molecule has 3 heteroatoms. The van der Waals surface area contributed by atoms with Crippen LogP contribution in [0.5, 0.6) is 0 Å². The van der Waals surface area contributed by atoms with E-state index in [1.165, 1.54) is 43.6 Å². The Hall–Kier alpha value is -0.540. The molecule has 0 aliphatic carbocycles. The second-order valence-electron chi connectivity index (χ2n) is 5.79. The van der Waals surface area contributed by atoms with Crippen LogP contribution in [-0.2, 0) is 6.42 Å². The van der Waals surface area contributed by atoms with E-state index in [1.807, 2.05) is 0 Å². The molecule has 0 radical (unpaired) electrons. The van der Waals surface area contributed by atoms with Crippen molar-refractivity contribution in [1.29, 1.82) is 0 Å². The van der Waals surface area contributed by atoms with Crippen LogP contribution in [0.1, 0.15) is 38.7 Å². The highest BCUT2D eigenvalue weighted by Crippen LogP contribution is 2.30. The molecule has 1 atom stereocenters. The second kappa shape index (κ2) is 6.76. The summed E-state index contributed by atoms with van der Waals surface area (Å²) in [5.74, 6) is 0.917. The summed E-state index contributed by atoms with van der Waals surface area (Å²) in [6.45, 7) is 6.75. The van der Waals surface area contributed by atoms with Crippen LogP contribution in [0.25, 0.3) is 0 Å². The van der Waals surface area contributed by atoms with E-state index in [2.05, 4.69) is 52.9 Å². The molecule has 106 valence electrons. The zero-order chi connectivity index (χ0) is 13.8. The number of hydrogen-bond acceptors (Lipinski definition) is 2. The molecule has 0 saturated carbocycles. The molecule has 1 unspecified atom stereocenters. The fourth-order valence-electron chi connectivity index (χ4n) is 2.93. The lowest BCUT2D eigenvalue weighted by Gasteiger charge is -2.35. The van der Waals surface area contributed by atoms with Gasteiger partial charge in [-0.15, -0.1) is 0 Å². The van der Waals surface area contributed by atoms with E-state index in [0.717, 1.165) is 16.8 Å². The standard InChI is InChI=1S/C16H25BrN2/c1-3-13-6-8-19(9-7-13)16-11-15(17)5-4-14(16)10-12(2)18/h4-5,11-13H,3,6-10,18H2,1-2H3. The number of nitrogens with zero attached hydrogens (tertiary/aromatic N) is 1. The van der Waals surface area contributed by atoms with Gasteiger partial charge in [-0.1, -0.05) is 35.3 Å². The van der Waals surface area contributed by atoms with Crippen LogP contribution in [0.15, 0.2) is 22.7 Å². The first-order chi connectivity index (χ1) is 9.10. The van der Waals surface area contributed by atoms with Crippen LogP contribution in [0.4, 0.5) is 5.69 Å². The van der Waals surface area contributed by atoms with Crippen LogP contribution in [0.2, 0.25) is 0 Å². The molecule has 1 saturated heterocycles. The van der Waals surface area contributed by atoms with Crippen molar-refractivity contribution in [3.63, 3.8) is 0 Å². The molecule has 1 aromatic carbocycles. The van der Waals surface area contributed by atoms with Crippen molar-refractivity contribution in [2.75, 3.05) is 18.0 Å². The van der Waals surface area contributed by atoms with Gasteiger partial charge in [0.15, 0.2) is 0 Å². The second-order valence-corrected chi connectivity index (χ2v) is 6.71. The summed E-state index contributed by atoms with van der Waals surface area (Å²) in [6, 6.07) is 6.81. The summed E-state index contributed by atoms with van der Waals surface area (Å²) in [5, 5.41) is 0. The Morgan fingerprint density at radius 3 is 2.63 bits per heavy atom. The zero-order valence-corrected chi connectivity index (χ0v) is 13.6. The predicted octanol–water partition coefficient (Wildman–Crippen LogP) is 3.97. The molecule has 0 bridgehead atoms. The molecule has 2 N–H and O–H groups in total. The molecule has 1 aromatic rings. The summed E-state index contributed by atoms with van der Waals surface area (Å²) in [5.41, 5.74) is 8.73. The molecule has 0 spiro atoms. The molecule has 19 heavy (non-hydrogen) atoms. The smallest absolute Gasteiger partial charge is 0.0410 e. The minimum Gasteiger partial charge on any atom is -0.371 e. The van der Waals surface area contributed by atoms with Gasteiger partial charge in [0.2, 0.25) is 0 Å². The van der Waals surface area contributed by atoms with Crippen LogP contribution in [0, 0.1) is 5.92 Å². The van der Waals surface area contributed by atoms with Crippen molar-refractivity contribution in [2.24, 2.45) is 11.7 Å². The minimum atomic E-state index is 0.216. The molecule has 1 fully saturated rings.